The lowest BCUT2D eigenvalue weighted by Gasteiger charge is -2.48. The number of piperidine rings is 1. The van der Waals surface area contributed by atoms with Crippen molar-refractivity contribution in [3.8, 4) is 0 Å². The summed E-state index contributed by atoms with van der Waals surface area (Å²) in [5.41, 5.74) is 28.0. The minimum absolute atomic E-state index is 0.0110. The van der Waals surface area contributed by atoms with E-state index < -0.39 is 134 Å². The van der Waals surface area contributed by atoms with Crippen LogP contribution < -0.4 is 44.6 Å². The van der Waals surface area contributed by atoms with E-state index in [1.54, 1.807) is 0 Å². The molecule has 6 fully saturated rings. The molecular weight excluding hydrogens is 760 g/mol. The standard InChI is InChI=1S/C34H64N8O15/c35-9-18-23(46)24(47)21(39)30(52-18)56-27-20(11-43)54-31(25(27)48)57-28-22(45)16(42-32(49)34(51)7-13(36)8-34)5-14(37)26(28)55-29-15(38)6-17(44)19(53-29)10-41-12-33(50)1-3-40-4-2-33/h13-31,40-41,43-48,50-51H,1-12,35-39H2,(H,42,49)/t13?,14-,15+,16+,17-,18-,19+,20+,21+,22-,23+,24+,25+,26+,27+,28+,29+,30+,31-,34?/m0/s1. The van der Waals surface area contributed by atoms with Crippen molar-refractivity contribution >= 4 is 5.91 Å². The molecule has 0 bridgehead atoms. The van der Waals surface area contributed by atoms with E-state index in [0.29, 0.717) is 25.9 Å². The minimum atomic E-state index is -1.75. The van der Waals surface area contributed by atoms with E-state index in [4.69, 9.17) is 57.1 Å². The summed E-state index contributed by atoms with van der Waals surface area (Å²) in [7, 11) is 0. The molecule has 23 nitrogen and oxygen atoms in total. The molecule has 0 aromatic carbocycles. The van der Waals surface area contributed by atoms with Gasteiger partial charge in [0.15, 0.2) is 18.9 Å². The Balaban J connectivity index is 1.18. The van der Waals surface area contributed by atoms with Gasteiger partial charge in [0.05, 0.1) is 42.5 Å². The van der Waals surface area contributed by atoms with Gasteiger partial charge < -0.3 is 114 Å². The predicted octanol–water partition coefficient (Wildman–Crippen LogP) is -9.11. The maximum Gasteiger partial charge on any atom is 0.252 e. The SMILES string of the molecule is NC[C@@H]1O[C@H](O[C@H]2[C@@H](O)[C@H](O[C@@H]3[C@@H](O)[C@H](NC(=O)C4(O)CC(N)C4)C[C@H](N)[C@H]3O[C@H]3O[C@H](CNCC4(O)CCNCC4)[C@@H](O)C[C@H]3N)O[C@@H]2CO)[C@H](N)[C@@H](O)[C@@H]1O. The Kier molecular flexibility index (Phi) is 14.8. The Morgan fingerprint density at radius 3 is 2.04 bits per heavy atom. The van der Waals surface area contributed by atoms with Gasteiger partial charge in [-0.05, 0) is 38.8 Å². The average molecular weight is 825 g/mol. The number of carbonyl (C=O) groups excluding carboxylic acids is 1. The lowest BCUT2D eigenvalue weighted by Crippen LogP contribution is -2.69. The summed E-state index contributed by atoms with van der Waals surface area (Å²) in [5.74, 6) is -0.771. The van der Waals surface area contributed by atoms with Gasteiger partial charge in [-0.25, -0.2) is 0 Å². The molecule has 0 aromatic rings. The van der Waals surface area contributed by atoms with E-state index in [2.05, 4.69) is 16.0 Å². The molecule has 0 aromatic heterocycles. The number of rotatable bonds is 14. The Labute approximate surface area is 329 Å². The number of amides is 1. The second-order valence-corrected chi connectivity index (χ2v) is 16.6. The maximum atomic E-state index is 13.2. The van der Waals surface area contributed by atoms with E-state index in [9.17, 15) is 45.6 Å². The van der Waals surface area contributed by atoms with Crippen LogP contribution in [0.3, 0.4) is 0 Å². The summed E-state index contributed by atoms with van der Waals surface area (Å²) in [6.07, 6.45) is -17.6. The van der Waals surface area contributed by atoms with Crippen molar-refractivity contribution in [1.82, 2.24) is 16.0 Å². The highest BCUT2D eigenvalue weighted by molar-refractivity contribution is 5.86. The number of ether oxygens (including phenoxy) is 6. The summed E-state index contributed by atoms with van der Waals surface area (Å²) in [6.45, 7) is 0.863. The first-order valence-corrected chi connectivity index (χ1v) is 19.8. The second kappa shape index (κ2) is 18.7. The number of aliphatic hydroxyl groups excluding tert-OH is 6. The third kappa shape index (κ3) is 9.90. The summed E-state index contributed by atoms with van der Waals surface area (Å²) >= 11 is 0. The molecule has 21 N–H and O–H groups in total. The molecular formula is C34H64N8O15. The fourth-order valence-electron chi connectivity index (χ4n) is 8.62. The Morgan fingerprint density at radius 2 is 1.39 bits per heavy atom. The first-order chi connectivity index (χ1) is 27.0. The Morgan fingerprint density at radius 1 is 0.754 bits per heavy atom. The summed E-state index contributed by atoms with van der Waals surface area (Å²) < 4.78 is 36.1. The third-order valence-corrected chi connectivity index (χ3v) is 12.2. The normalized spacial score (nSPS) is 49.0. The van der Waals surface area contributed by atoms with Crippen LogP contribution in [0.15, 0.2) is 0 Å². The largest absolute Gasteiger partial charge is 0.394 e. The molecule has 18 atom stereocenters. The molecule has 4 heterocycles. The number of carbonyl (C=O) groups is 1. The molecule has 330 valence electrons. The van der Waals surface area contributed by atoms with Crippen molar-refractivity contribution in [1.29, 1.82) is 0 Å². The van der Waals surface area contributed by atoms with Crippen LogP contribution in [0.2, 0.25) is 0 Å². The average Bonchev–Trinajstić information content (AvgIpc) is 3.45. The molecule has 1 amide bonds. The fraction of sp³-hybridized carbons (Fsp3) is 0.971. The van der Waals surface area contributed by atoms with Crippen LogP contribution in [0.5, 0.6) is 0 Å². The molecule has 0 spiro atoms. The molecule has 2 aliphatic carbocycles. The number of hydrogen-bond acceptors (Lipinski definition) is 22. The van der Waals surface area contributed by atoms with E-state index in [-0.39, 0.29) is 51.4 Å². The molecule has 2 saturated carbocycles. The van der Waals surface area contributed by atoms with Crippen molar-refractivity contribution in [3.63, 3.8) is 0 Å². The van der Waals surface area contributed by atoms with Gasteiger partial charge in [-0.2, -0.15) is 0 Å². The minimum Gasteiger partial charge on any atom is -0.394 e. The van der Waals surface area contributed by atoms with Crippen molar-refractivity contribution in [2.45, 2.75) is 166 Å². The van der Waals surface area contributed by atoms with Gasteiger partial charge in [0.2, 0.25) is 0 Å². The van der Waals surface area contributed by atoms with E-state index >= 15 is 0 Å². The van der Waals surface area contributed by atoms with E-state index in [1.807, 2.05) is 0 Å². The second-order valence-electron chi connectivity index (χ2n) is 16.6. The molecule has 0 radical (unpaired) electrons. The van der Waals surface area contributed by atoms with Crippen molar-refractivity contribution < 1.29 is 74.1 Å². The quantitative estimate of drug-likeness (QED) is 0.0773. The zero-order valence-corrected chi connectivity index (χ0v) is 31.8. The summed E-state index contributed by atoms with van der Waals surface area (Å²) in [5, 5.41) is 95.9. The highest BCUT2D eigenvalue weighted by Gasteiger charge is 2.55. The van der Waals surface area contributed by atoms with Crippen molar-refractivity contribution in [3.05, 3.63) is 0 Å². The molecule has 4 saturated heterocycles. The van der Waals surface area contributed by atoms with Gasteiger partial charge in [-0.15, -0.1) is 0 Å². The van der Waals surface area contributed by atoms with Gasteiger partial charge in [-0.3, -0.25) is 4.79 Å². The first-order valence-electron chi connectivity index (χ1n) is 19.8. The molecule has 6 aliphatic rings. The van der Waals surface area contributed by atoms with E-state index in [0.717, 1.165) is 0 Å². The molecule has 4 aliphatic heterocycles. The monoisotopic (exact) mass is 824 g/mol. The van der Waals surface area contributed by atoms with Crippen LogP contribution in [0, 0.1) is 0 Å². The maximum absolute atomic E-state index is 13.2. The third-order valence-electron chi connectivity index (χ3n) is 12.2. The van der Waals surface area contributed by atoms with Crippen LogP contribution in [0.4, 0.5) is 0 Å². The van der Waals surface area contributed by atoms with Crippen LogP contribution in [-0.4, -0.2) is 214 Å². The summed E-state index contributed by atoms with van der Waals surface area (Å²) in [6, 6.07) is -4.64. The zero-order valence-electron chi connectivity index (χ0n) is 31.8. The van der Waals surface area contributed by atoms with Crippen molar-refractivity contribution in [2.24, 2.45) is 28.7 Å². The summed E-state index contributed by atoms with van der Waals surface area (Å²) in [4.78, 5) is 13.2. The Hall–Kier alpha value is -1.37. The number of nitrogens with one attached hydrogen (secondary N) is 3. The predicted molar refractivity (Wildman–Crippen MR) is 194 cm³/mol. The number of aliphatic hydroxyl groups is 8. The van der Waals surface area contributed by atoms with Gasteiger partial charge in [0.25, 0.3) is 5.91 Å². The lowest BCUT2D eigenvalue weighted by molar-refractivity contribution is -0.297. The highest BCUT2D eigenvalue weighted by Crippen LogP contribution is 2.36. The number of nitrogens with two attached hydrogens (primary N) is 5. The zero-order chi connectivity index (χ0) is 41.4. The van der Waals surface area contributed by atoms with Gasteiger partial charge in [-0.1, -0.05) is 0 Å². The van der Waals surface area contributed by atoms with Crippen LogP contribution in [0.25, 0.3) is 0 Å². The first kappa shape index (κ1) is 45.2. The molecule has 23 heteroatoms. The topological polar surface area (TPSA) is 400 Å². The number of hydrogen-bond donors (Lipinski definition) is 16. The Bertz CT molecular complexity index is 1320. The molecule has 6 rings (SSSR count). The highest BCUT2D eigenvalue weighted by atomic mass is 16.8. The van der Waals surface area contributed by atoms with Crippen LogP contribution in [-0.2, 0) is 33.2 Å². The van der Waals surface area contributed by atoms with Crippen LogP contribution in [0.1, 0.15) is 38.5 Å². The molecule has 0 unspecified atom stereocenters. The smallest absolute Gasteiger partial charge is 0.252 e. The van der Waals surface area contributed by atoms with Gasteiger partial charge in [0.1, 0.15) is 60.5 Å². The lowest BCUT2D eigenvalue weighted by atomic mass is 9.75. The van der Waals surface area contributed by atoms with Crippen LogP contribution >= 0.6 is 0 Å². The fourth-order valence-corrected chi connectivity index (χ4v) is 8.62. The van der Waals surface area contributed by atoms with Gasteiger partial charge >= 0.3 is 0 Å². The molecule has 57 heavy (non-hydrogen) atoms. The van der Waals surface area contributed by atoms with E-state index in [1.165, 1.54) is 0 Å². The van der Waals surface area contributed by atoms with Gasteiger partial charge in [0, 0.05) is 44.6 Å². The van der Waals surface area contributed by atoms with Crippen molar-refractivity contribution in [2.75, 3.05) is 39.3 Å².